The van der Waals surface area contributed by atoms with Crippen molar-refractivity contribution in [1.82, 2.24) is 10.6 Å². The number of amides is 1. The van der Waals surface area contributed by atoms with Crippen LogP contribution in [0, 0.1) is 11.6 Å². The van der Waals surface area contributed by atoms with E-state index in [1.165, 1.54) is 0 Å². The summed E-state index contributed by atoms with van der Waals surface area (Å²) in [6.07, 6.45) is -1.66. The Morgan fingerprint density at radius 3 is 2.32 bits per heavy atom. The Balaban J connectivity index is 2.19. The average Bonchev–Trinajstić information content (AvgIpc) is 2.92. The highest BCUT2D eigenvalue weighted by Gasteiger charge is 2.34. The van der Waals surface area contributed by atoms with E-state index in [1.807, 2.05) is 31.2 Å². The Hall–Kier alpha value is -3.18. The van der Waals surface area contributed by atoms with Gasteiger partial charge in [0.05, 0.1) is 7.11 Å². The molecule has 228 valence electrons. The summed E-state index contributed by atoms with van der Waals surface area (Å²) in [5.41, 5.74) is 8.74. The van der Waals surface area contributed by atoms with Crippen LogP contribution in [-0.2, 0) is 33.7 Å². The van der Waals surface area contributed by atoms with Crippen molar-refractivity contribution in [2.75, 3.05) is 13.7 Å². The van der Waals surface area contributed by atoms with Gasteiger partial charge in [-0.1, -0.05) is 44.5 Å². The number of aryl methyl sites for hydroxylation is 1. The second kappa shape index (κ2) is 16.9. The summed E-state index contributed by atoms with van der Waals surface area (Å²) in [4.78, 5) is 25.1. The number of ether oxygens (including phenoxy) is 2. The van der Waals surface area contributed by atoms with E-state index in [2.05, 4.69) is 15.4 Å². The number of hydrogen-bond donors (Lipinski definition) is 3. The molecule has 0 aliphatic heterocycles. The first-order valence-corrected chi connectivity index (χ1v) is 13.9. The second-order valence-electron chi connectivity index (χ2n) is 10.1. The molecular formula is C30H41F4N3O4. The van der Waals surface area contributed by atoms with Gasteiger partial charge in [0.2, 0.25) is 5.92 Å². The van der Waals surface area contributed by atoms with E-state index in [-0.39, 0.29) is 31.4 Å². The predicted molar refractivity (Wildman–Crippen MR) is 148 cm³/mol. The van der Waals surface area contributed by atoms with Crippen LogP contribution in [-0.4, -0.2) is 49.8 Å². The zero-order valence-corrected chi connectivity index (χ0v) is 23.9. The Kier molecular flexibility index (Phi) is 14.1. The highest BCUT2D eigenvalue weighted by Crippen LogP contribution is 2.28. The Morgan fingerprint density at radius 1 is 1.00 bits per heavy atom. The van der Waals surface area contributed by atoms with Crippen molar-refractivity contribution in [3.8, 4) is 0 Å². The van der Waals surface area contributed by atoms with Gasteiger partial charge in [-0.3, -0.25) is 0 Å². The molecule has 7 nitrogen and oxygen atoms in total. The molecule has 0 fully saturated rings. The molecule has 4 N–H and O–H groups in total. The van der Waals surface area contributed by atoms with Gasteiger partial charge in [0.1, 0.15) is 23.8 Å². The lowest BCUT2D eigenvalue weighted by molar-refractivity contribution is -0.153. The fourth-order valence-electron chi connectivity index (χ4n) is 4.33. The molecule has 0 heterocycles. The lowest BCUT2D eigenvalue weighted by atomic mass is 10.0. The zero-order valence-electron chi connectivity index (χ0n) is 23.9. The molecule has 0 bridgehead atoms. The molecule has 1 amide bonds. The quantitative estimate of drug-likeness (QED) is 0.170. The summed E-state index contributed by atoms with van der Waals surface area (Å²) in [6, 6.07) is 8.54. The fraction of sp³-hybridized carbons (Fsp3) is 0.533. The number of halogens is 4. The van der Waals surface area contributed by atoms with Crippen LogP contribution in [0.1, 0.15) is 62.6 Å². The topological polar surface area (TPSA) is 103 Å². The first-order valence-electron chi connectivity index (χ1n) is 13.9. The van der Waals surface area contributed by atoms with Crippen LogP contribution >= 0.6 is 0 Å². The first kappa shape index (κ1) is 34.0. The molecule has 0 saturated carbocycles. The van der Waals surface area contributed by atoms with Crippen LogP contribution in [0.4, 0.5) is 22.4 Å². The number of alkyl halides is 2. The number of methoxy groups -OCH3 is 1. The molecule has 0 aliphatic carbocycles. The molecule has 2 rings (SSSR count). The molecule has 0 spiro atoms. The molecule has 0 saturated heterocycles. The van der Waals surface area contributed by atoms with Gasteiger partial charge >= 0.3 is 12.1 Å². The van der Waals surface area contributed by atoms with E-state index in [1.54, 1.807) is 6.92 Å². The number of benzene rings is 2. The van der Waals surface area contributed by atoms with Gasteiger partial charge < -0.3 is 25.8 Å². The third kappa shape index (κ3) is 12.5. The van der Waals surface area contributed by atoms with Crippen molar-refractivity contribution in [1.29, 1.82) is 0 Å². The molecule has 0 aliphatic rings. The minimum atomic E-state index is -3.03. The summed E-state index contributed by atoms with van der Waals surface area (Å²) in [7, 11) is 1.09. The summed E-state index contributed by atoms with van der Waals surface area (Å²) >= 11 is 0. The van der Waals surface area contributed by atoms with Gasteiger partial charge in [0, 0.05) is 38.0 Å². The van der Waals surface area contributed by atoms with E-state index in [0.29, 0.717) is 19.4 Å². The first-order chi connectivity index (χ1) is 19.5. The molecule has 41 heavy (non-hydrogen) atoms. The van der Waals surface area contributed by atoms with Crippen LogP contribution in [0.15, 0.2) is 42.5 Å². The molecule has 0 aromatic heterocycles. The number of esters is 1. The van der Waals surface area contributed by atoms with Crippen molar-refractivity contribution < 1.29 is 36.6 Å². The minimum Gasteiger partial charge on any atom is -0.458 e. The lowest BCUT2D eigenvalue weighted by Crippen LogP contribution is -2.50. The third-order valence-corrected chi connectivity index (χ3v) is 6.67. The zero-order chi connectivity index (χ0) is 30.4. The summed E-state index contributed by atoms with van der Waals surface area (Å²) < 4.78 is 66.4. The maximum atomic E-state index is 14.3. The number of hydrogen-bond acceptors (Lipinski definition) is 6. The molecular weight excluding hydrogens is 542 g/mol. The van der Waals surface area contributed by atoms with Gasteiger partial charge in [0.15, 0.2) is 0 Å². The van der Waals surface area contributed by atoms with Gasteiger partial charge in [0.25, 0.3) is 0 Å². The largest absolute Gasteiger partial charge is 0.458 e. The fourth-order valence-corrected chi connectivity index (χ4v) is 4.33. The summed E-state index contributed by atoms with van der Waals surface area (Å²) in [6.45, 7) is 4.30. The van der Waals surface area contributed by atoms with Crippen LogP contribution in [0.2, 0.25) is 0 Å². The van der Waals surface area contributed by atoms with Crippen molar-refractivity contribution in [2.45, 2.75) is 89.4 Å². The molecule has 3 atom stereocenters. The highest BCUT2D eigenvalue weighted by atomic mass is 19.3. The van der Waals surface area contributed by atoms with E-state index in [9.17, 15) is 27.2 Å². The average molecular weight is 584 g/mol. The number of nitrogens with one attached hydrogen (secondary N) is 2. The molecule has 0 radical (unpaired) electrons. The maximum Gasteiger partial charge on any atom is 0.407 e. The molecule has 2 aromatic rings. The number of carbonyl (C=O) groups excluding carboxylic acids is 2. The SMILES string of the molecule is CCCCC(F)(F)CC[C@@H](NC(=O)OC)C(=O)O[C@H](CNCc1cccc(CC)c1)[C@@H](N)Cc1cc(F)cc(F)c1. The monoisotopic (exact) mass is 583 g/mol. The summed E-state index contributed by atoms with van der Waals surface area (Å²) in [5.74, 6) is -5.55. The van der Waals surface area contributed by atoms with Crippen LogP contribution in [0.25, 0.3) is 0 Å². The van der Waals surface area contributed by atoms with Crippen LogP contribution in [0.5, 0.6) is 0 Å². The number of carbonyl (C=O) groups is 2. The predicted octanol–water partition coefficient (Wildman–Crippen LogP) is 5.43. The number of unbranched alkanes of at least 4 members (excludes halogenated alkanes) is 1. The maximum absolute atomic E-state index is 14.3. The van der Waals surface area contributed by atoms with E-state index < -0.39 is 54.2 Å². The van der Waals surface area contributed by atoms with Gasteiger partial charge in [-0.25, -0.2) is 27.2 Å². The van der Waals surface area contributed by atoms with Crippen LogP contribution < -0.4 is 16.4 Å². The van der Waals surface area contributed by atoms with Crippen molar-refractivity contribution >= 4 is 12.1 Å². The second-order valence-corrected chi connectivity index (χ2v) is 10.1. The Morgan fingerprint density at radius 2 is 1.68 bits per heavy atom. The van der Waals surface area contributed by atoms with E-state index in [0.717, 1.165) is 42.9 Å². The van der Waals surface area contributed by atoms with Crippen molar-refractivity contribution in [3.05, 3.63) is 70.8 Å². The molecule has 0 unspecified atom stereocenters. The van der Waals surface area contributed by atoms with Gasteiger partial charge in [-0.15, -0.1) is 0 Å². The highest BCUT2D eigenvalue weighted by molar-refractivity contribution is 5.81. The van der Waals surface area contributed by atoms with Gasteiger partial charge in [-0.05, 0) is 54.5 Å². The van der Waals surface area contributed by atoms with E-state index >= 15 is 0 Å². The van der Waals surface area contributed by atoms with Crippen molar-refractivity contribution in [2.24, 2.45) is 5.73 Å². The number of rotatable bonds is 17. The van der Waals surface area contributed by atoms with E-state index in [4.69, 9.17) is 10.5 Å². The van der Waals surface area contributed by atoms with Crippen LogP contribution in [0.3, 0.4) is 0 Å². The smallest absolute Gasteiger partial charge is 0.407 e. The lowest BCUT2D eigenvalue weighted by Gasteiger charge is -2.28. The Labute approximate surface area is 239 Å². The normalized spacial score (nSPS) is 13.8. The van der Waals surface area contributed by atoms with Crippen molar-refractivity contribution in [3.63, 3.8) is 0 Å². The minimum absolute atomic E-state index is 0.0379. The summed E-state index contributed by atoms with van der Waals surface area (Å²) in [5, 5.41) is 5.45. The van der Waals surface area contributed by atoms with Gasteiger partial charge in [-0.2, -0.15) is 0 Å². The number of nitrogens with two attached hydrogens (primary N) is 1. The standard InChI is InChI=1S/C30H41F4N3O4/c1-4-6-11-30(33,34)12-10-26(37-29(39)40-3)28(38)41-27(19-36-18-21-9-7-8-20(5-2)13-21)25(35)16-22-14-23(31)17-24(32)15-22/h7-9,13-15,17,25-27,36H,4-6,10-12,16,18-19,35H2,1-3H3,(H,37,39)/t25-,26+,27+/m0/s1. The molecule has 11 heteroatoms. The Bertz CT molecular complexity index is 1100. The molecule has 2 aromatic carbocycles. The third-order valence-electron chi connectivity index (χ3n) is 6.67. The number of alkyl carbamates (subject to hydrolysis) is 1.